The Morgan fingerprint density at radius 3 is 1.72 bits per heavy atom. The molecule has 0 amide bonds. The molecule has 6 heteroatoms. The number of hydrogen-bond donors (Lipinski definition) is 1. The Hall–Kier alpha value is -1.08. The van der Waals surface area contributed by atoms with Crippen LogP contribution in [0.25, 0.3) is 0 Å². The van der Waals surface area contributed by atoms with Crippen molar-refractivity contribution in [3.05, 3.63) is 24.3 Å². The highest BCUT2D eigenvalue weighted by atomic mass is 28.4. The Morgan fingerprint density at radius 2 is 1.33 bits per heavy atom. The van der Waals surface area contributed by atoms with Crippen molar-refractivity contribution in [1.82, 2.24) is 0 Å². The highest BCUT2D eigenvalue weighted by Gasteiger charge is 2.47. The molecule has 0 atom stereocenters. The van der Waals surface area contributed by atoms with Gasteiger partial charge in [-0.25, -0.2) is 0 Å². The van der Waals surface area contributed by atoms with E-state index in [2.05, 4.69) is 0 Å². The van der Waals surface area contributed by atoms with E-state index in [1.165, 1.54) is 0 Å². The Labute approximate surface area is 109 Å². The predicted molar refractivity (Wildman–Crippen MR) is 69.4 cm³/mol. The molecule has 1 N–H and O–H groups in total. The van der Waals surface area contributed by atoms with E-state index in [0.29, 0.717) is 25.6 Å². The molecule has 0 aliphatic heterocycles. The van der Waals surface area contributed by atoms with E-state index < -0.39 is 9.05 Å². The molecular formula is C12H20O5Si. The lowest BCUT2D eigenvalue weighted by Gasteiger charge is -2.26. The van der Waals surface area contributed by atoms with Crippen molar-refractivity contribution in [3.63, 3.8) is 0 Å². The third-order valence-electron chi connectivity index (χ3n) is 2.04. The van der Waals surface area contributed by atoms with Crippen molar-refractivity contribution in [2.75, 3.05) is 19.8 Å². The molecule has 0 saturated heterocycles. The van der Waals surface area contributed by atoms with Gasteiger partial charge in [0.2, 0.25) is 0 Å². The normalized spacial score (nSPS) is 11.5. The molecule has 0 aromatic heterocycles. The average Bonchev–Trinajstić information content (AvgIpc) is 2.33. The van der Waals surface area contributed by atoms with Crippen LogP contribution in [0.4, 0.5) is 0 Å². The van der Waals surface area contributed by atoms with E-state index in [4.69, 9.17) is 17.7 Å². The molecule has 0 aliphatic carbocycles. The van der Waals surface area contributed by atoms with E-state index in [1.807, 2.05) is 20.8 Å². The van der Waals surface area contributed by atoms with E-state index in [0.717, 1.165) is 0 Å². The van der Waals surface area contributed by atoms with Gasteiger partial charge in [0.05, 0.1) is 0 Å². The zero-order chi connectivity index (χ0) is 13.4. The van der Waals surface area contributed by atoms with Crippen molar-refractivity contribution in [2.45, 2.75) is 20.8 Å². The first kappa shape index (κ1) is 15.0. The fourth-order valence-electron chi connectivity index (χ4n) is 1.40. The van der Waals surface area contributed by atoms with E-state index in [1.54, 1.807) is 24.3 Å². The van der Waals surface area contributed by atoms with Gasteiger partial charge in [0.1, 0.15) is 11.5 Å². The van der Waals surface area contributed by atoms with Crippen LogP contribution in [0.1, 0.15) is 20.8 Å². The first-order valence-electron chi connectivity index (χ1n) is 6.05. The molecule has 5 nitrogen and oxygen atoms in total. The smallest absolute Gasteiger partial charge is 0.508 e. The van der Waals surface area contributed by atoms with E-state index >= 15 is 0 Å². The minimum absolute atomic E-state index is 0.179. The third kappa shape index (κ3) is 4.30. The number of aromatic hydroxyl groups is 1. The van der Waals surface area contributed by atoms with Crippen molar-refractivity contribution >= 4 is 9.05 Å². The quantitative estimate of drug-likeness (QED) is 0.736. The summed E-state index contributed by atoms with van der Waals surface area (Å²) in [6, 6.07) is 6.37. The SMILES string of the molecule is CCO[Si](OCC)(OCC)Oc1ccc(O)cc1. The molecule has 102 valence electrons. The second kappa shape index (κ2) is 7.37. The molecule has 0 radical (unpaired) electrons. The van der Waals surface area contributed by atoms with Gasteiger partial charge in [-0.2, -0.15) is 0 Å². The first-order valence-corrected chi connectivity index (χ1v) is 7.69. The fourth-order valence-corrected chi connectivity index (χ4v) is 3.31. The van der Waals surface area contributed by atoms with Gasteiger partial charge in [-0.1, -0.05) is 0 Å². The molecule has 0 spiro atoms. The summed E-state index contributed by atoms with van der Waals surface area (Å²) in [5.41, 5.74) is 0. The van der Waals surface area contributed by atoms with Crippen LogP contribution in [-0.4, -0.2) is 34.0 Å². The number of hydrogen-bond acceptors (Lipinski definition) is 5. The summed E-state index contributed by atoms with van der Waals surface area (Å²) in [7, 11) is -3.14. The Bertz CT molecular complexity index is 324. The maximum absolute atomic E-state index is 9.23. The van der Waals surface area contributed by atoms with Gasteiger partial charge in [-0.3, -0.25) is 0 Å². The maximum atomic E-state index is 9.23. The summed E-state index contributed by atoms with van der Waals surface area (Å²) in [6.07, 6.45) is 0. The number of rotatable bonds is 8. The van der Waals surface area contributed by atoms with Crippen LogP contribution in [0.5, 0.6) is 11.5 Å². The van der Waals surface area contributed by atoms with Gasteiger partial charge in [-0.05, 0) is 45.0 Å². The fraction of sp³-hybridized carbons (Fsp3) is 0.500. The lowest BCUT2D eigenvalue weighted by atomic mass is 10.3. The Balaban J connectivity index is 2.84. The molecule has 18 heavy (non-hydrogen) atoms. The van der Waals surface area contributed by atoms with E-state index in [-0.39, 0.29) is 5.75 Å². The Morgan fingerprint density at radius 1 is 0.889 bits per heavy atom. The minimum atomic E-state index is -3.14. The molecule has 0 bridgehead atoms. The molecule has 1 aromatic carbocycles. The van der Waals surface area contributed by atoms with Crippen LogP contribution in [0.15, 0.2) is 24.3 Å². The van der Waals surface area contributed by atoms with Gasteiger partial charge in [-0.15, -0.1) is 0 Å². The zero-order valence-corrected chi connectivity index (χ0v) is 12.0. The van der Waals surface area contributed by atoms with Crippen molar-refractivity contribution in [1.29, 1.82) is 0 Å². The maximum Gasteiger partial charge on any atom is 0.749 e. The summed E-state index contributed by atoms with van der Waals surface area (Å²) in [5, 5.41) is 9.23. The van der Waals surface area contributed by atoms with Gasteiger partial charge in [0, 0.05) is 19.8 Å². The highest BCUT2D eigenvalue weighted by molar-refractivity contribution is 6.54. The van der Waals surface area contributed by atoms with E-state index in [9.17, 15) is 5.11 Å². The summed E-state index contributed by atoms with van der Waals surface area (Å²) < 4.78 is 22.4. The molecule has 0 fully saturated rings. The average molecular weight is 272 g/mol. The van der Waals surface area contributed by atoms with Gasteiger partial charge >= 0.3 is 9.05 Å². The third-order valence-corrected chi connectivity index (χ3v) is 4.46. The van der Waals surface area contributed by atoms with Crippen LogP contribution in [0, 0.1) is 0 Å². The molecular weight excluding hydrogens is 252 g/mol. The standard InChI is InChI=1S/C12H20O5Si/c1-4-14-18(15-5-2,16-6-3)17-12-9-7-11(13)8-10-12/h7-10,13H,4-6H2,1-3H3. The lowest BCUT2D eigenvalue weighted by molar-refractivity contribution is 0.00968. The minimum Gasteiger partial charge on any atom is -0.508 e. The molecule has 1 rings (SSSR count). The molecule has 0 aliphatic rings. The van der Waals surface area contributed by atoms with Crippen LogP contribution < -0.4 is 4.43 Å². The number of phenols is 1. The summed E-state index contributed by atoms with van der Waals surface area (Å²) in [4.78, 5) is 0. The lowest BCUT2D eigenvalue weighted by Crippen LogP contribution is -2.52. The summed E-state index contributed by atoms with van der Waals surface area (Å²) >= 11 is 0. The monoisotopic (exact) mass is 272 g/mol. The molecule has 0 unspecified atom stereocenters. The predicted octanol–water partition coefficient (Wildman–Crippen LogP) is 2.32. The van der Waals surface area contributed by atoms with Gasteiger partial charge < -0.3 is 22.8 Å². The van der Waals surface area contributed by atoms with Crippen LogP contribution in [0.3, 0.4) is 0 Å². The largest absolute Gasteiger partial charge is 0.749 e. The zero-order valence-electron chi connectivity index (χ0n) is 11.0. The van der Waals surface area contributed by atoms with Crippen LogP contribution >= 0.6 is 0 Å². The van der Waals surface area contributed by atoms with Crippen LogP contribution in [0.2, 0.25) is 0 Å². The molecule has 0 saturated carbocycles. The highest BCUT2D eigenvalue weighted by Crippen LogP contribution is 2.21. The number of benzene rings is 1. The van der Waals surface area contributed by atoms with Crippen molar-refractivity contribution < 1.29 is 22.8 Å². The topological polar surface area (TPSA) is 57.2 Å². The second-order valence-electron chi connectivity index (χ2n) is 3.40. The molecule has 1 aromatic rings. The van der Waals surface area contributed by atoms with Crippen molar-refractivity contribution in [3.8, 4) is 11.5 Å². The first-order chi connectivity index (χ1) is 8.65. The van der Waals surface area contributed by atoms with Gasteiger partial charge in [0.15, 0.2) is 0 Å². The number of phenolic OH excluding ortho intramolecular Hbond substituents is 1. The summed E-state index contributed by atoms with van der Waals surface area (Å²) in [6.45, 7) is 6.93. The van der Waals surface area contributed by atoms with Crippen LogP contribution in [-0.2, 0) is 13.3 Å². The van der Waals surface area contributed by atoms with Crippen molar-refractivity contribution in [2.24, 2.45) is 0 Å². The second-order valence-corrected chi connectivity index (χ2v) is 5.47. The van der Waals surface area contributed by atoms with Gasteiger partial charge in [0.25, 0.3) is 0 Å². The Kier molecular flexibility index (Phi) is 6.13. The molecule has 0 heterocycles. The summed E-state index contributed by atoms with van der Waals surface area (Å²) in [5.74, 6) is 0.730.